The van der Waals surface area contributed by atoms with Crippen molar-refractivity contribution in [2.24, 2.45) is 0 Å². The molecule has 2 aliphatic heterocycles. The van der Waals surface area contributed by atoms with E-state index < -0.39 is 0 Å². The van der Waals surface area contributed by atoms with Gasteiger partial charge in [-0.3, -0.25) is 9.69 Å². The zero-order valence-corrected chi connectivity index (χ0v) is 20.3. The molecule has 0 spiro atoms. The van der Waals surface area contributed by atoms with E-state index in [4.69, 9.17) is 21.3 Å². The number of amides is 1. The summed E-state index contributed by atoms with van der Waals surface area (Å²) >= 11 is 7.49. The molecule has 1 saturated heterocycles. The summed E-state index contributed by atoms with van der Waals surface area (Å²) in [4.78, 5) is 23.2. The first-order valence-corrected chi connectivity index (χ1v) is 12.8. The number of thiazole rings is 1. The van der Waals surface area contributed by atoms with E-state index in [-0.39, 0.29) is 5.91 Å². The second-order valence-electron chi connectivity index (χ2n) is 8.71. The highest BCUT2D eigenvalue weighted by Gasteiger charge is 2.29. The van der Waals surface area contributed by atoms with Crippen LogP contribution in [0.2, 0.25) is 5.02 Å². The van der Waals surface area contributed by atoms with Crippen LogP contribution in [-0.2, 0) is 17.7 Å². The molecule has 4 aromatic rings. The number of fused-ring (bicyclic) bond motifs is 2. The van der Waals surface area contributed by atoms with Gasteiger partial charge >= 0.3 is 0 Å². The summed E-state index contributed by atoms with van der Waals surface area (Å²) in [5, 5.41) is 2.71. The van der Waals surface area contributed by atoms with Crippen LogP contribution in [-0.4, -0.2) is 59.8 Å². The van der Waals surface area contributed by atoms with Gasteiger partial charge in [0.2, 0.25) is 0 Å². The van der Waals surface area contributed by atoms with E-state index in [2.05, 4.69) is 39.9 Å². The van der Waals surface area contributed by atoms with Crippen molar-refractivity contribution >= 4 is 45.4 Å². The number of hydrogen-bond acceptors (Lipinski definition) is 5. The second-order valence-corrected chi connectivity index (χ2v) is 10.2. The van der Waals surface area contributed by atoms with Crippen molar-refractivity contribution in [3.05, 3.63) is 70.3 Å². The minimum atomic E-state index is 0.0325. The number of rotatable bonds is 5. The molecule has 6 nitrogen and oxygen atoms in total. The van der Waals surface area contributed by atoms with Gasteiger partial charge in [-0.1, -0.05) is 23.7 Å². The SMILES string of the molecule is O=C1c2sc(-c3ccc(Cl)cc3)nc2CCN1c1ccc2c(ccn2CCN2CCOCC2)c1. The van der Waals surface area contributed by atoms with E-state index in [1.54, 1.807) is 0 Å². The molecule has 0 unspecified atom stereocenters. The first kappa shape index (κ1) is 21.8. The molecule has 0 aliphatic carbocycles. The number of aromatic nitrogens is 2. The largest absolute Gasteiger partial charge is 0.379 e. The minimum Gasteiger partial charge on any atom is -0.379 e. The Bertz CT molecular complexity index is 1340. The van der Waals surface area contributed by atoms with Crippen molar-refractivity contribution in [1.29, 1.82) is 0 Å². The van der Waals surface area contributed by atoms with Crippen LogP contribution < -0.4 is 4.90 Å². The van der Waals surface area contributed by atoms with E-state index in [9.17, 15) is 4.79 Å². The highest BCUT2D eigenvalue weighted by atomic mass is 35.5. The van der Waals surface area contributed by atoms with Crippen molar-refractivity contribution in [3.63, 3.8) is 0 Å². The molecule has 1 amide bonds. The molecular formula is C26H25ClN4O2S. The number of anilines is 1. The van der Waals surface area contributed by atoms with Crippen molar-refractivity contribution in [3.8, 4) is 10.6 Å². The van der Waals surface area contributed by atoms with Gasteiger partial charge in [0.05, 0.1) is 18.9 Å². The molecule has 0 atom stereocenters. The fourth-order valence-electron chi connectivity index (χ4n) is 4.72. The predicted molar refractivity (Wildman–Crippen MR) is 137 cm³/mol. The average molecular weight is 493 g/mol. The van der Waals surface area contributed by atoms with E-state index in [0.717, 1.165) is 78.0 Å². The molecule has 2 aromatic heterocycles. The monoisotopic (exact) mass is 492 g/mol. The van der Waals surface area contributed by atoms with Gasteiger partial charge in [-0.05, 0) is 36.4 Å². The third-order valence-electron chi connectivity index (χ3n) is 6.63. The third kappa shape index (κ3) is 4.14. The highest BCUT2D eigenvalue weighted by molar-refractivity contribution is 7.17. The molecule has 34 heavy (non-hydrogen) atoms. The van der Waals surface area contributed by atoms with Crippen LogP contribution in [0.25, 0.3) is 21.5 Å². The Morgan fingerprint density at radius 3 is 2.65 bits per heavy atom. The maximum absolute atomic E-state index is 13.4. The zero-order valence-electron chi connectivity index (χ0n) is 18.7. The molecular weight excluding hydrogens is 468 g/mol. The molecule has 0 radical (unpaired) electrons. The fourth-order valence-corrected chi connectivity index (χ4v) is 5.91. The maximum atomic E-state index is 13.4. The Morgan fingerprint density at radius 1 is 1.00 bits per heavy atom. The quantitative estimate of drug-likeness (QED) is 0.395. The summed E-state index contributed by atoms with van der Waals surface area (Å²) in [5.74, 6) is 0.0325. The summed E-state index contributed by atoms with van der Waals surface area (Å²) in [7, 11) is 0. The van der Waals surface area contributed by atoms with Crippen molar-refractivity contribution in [2.45, 2.75) is 13.0 Å². The molecule has 0 saturated carbocycles. The van der Waals surface area contributed by atoms with E-state index >= 15 is 0 Å². The summed E-state index contributed by atoms with van der Waals surface area (Å²) in [5.41, 5.74) is 4.02. The van der Waals surface area contributed by atoms with Gasteiger partial charge in [0, 0.05) is 72.5 Å². The summed E-state index contributed by atoms with van der Waals surface area (Å²) in [6.07, 6.45) is 2.90. The molecule has 2 aliphatic rings. The lowest BCUT2D eigenvalue weighted by molar-refractivity contribution is 0.0365. The summed E-state index contributed by atoms with van der Waals surface area (Å²) < 4.78 is 7.75. The number of carbonyl (C=O) groups excluding carboxylic acids is 1. The van der Waals surface area contributed by atoms with Gasteiger partial charge in [-0.2, -0.15) is 0 Å². The molecule has 6 rings (SSSR count). The van der Waals surface area contributed by atoms with Gasteiger partial charge in [0.25, 0.3) is 5.91 Å². The summed E-state index contributed by atoms with van der Waals surface area (Å²) in [6.45, 7) is 6.25. The van der Waals surface area contributed by atoms with Crippen molar-refractivity contribution < 1.29 is 9.53 Å². The van der Waals surface area contributed by atoms with Gasteiger partial charge in [-0.15, -0.1) is 11.3 Å². The molecule has 0 bridgehead atoms. The standard InChI is InChI=1S/C26H25ClN4O2S/c27-20-3-1-18(2-4-20)25-28-22-8-10-31(26(32)24(22)34-25)21-5-6-23-19(17-21)7-9-30(23)12-11-29-13-15-33-16-14-29/h1-7,9,17H,8,10-16H2. The van der Waals surface area contributed by atoms with E-state index in [0.29, 0.717) is 11.6 Å². The van der Waals surface area contributed by atoms with Crippen LogP contribution in [0.15, 0.2) is 54.7 Å². The fraction of sp³-hybridized carbons (Fsp3) is 0.308. The first-order valence-electron chi connectivity index (χ1n) is 11.6. The predicted octanol–water partition coefficient (Wildman–Crippen LogP) is 4.95. The number of morpholine rings is 1. The van der Waals surface area contributed by atoms with Gasteiger partial charge in [0.15, 0.2) is 0 Å². The third-order valence-corrected chi connectivity index (χ3v) is 8.01. The lowest BCUT2D eigenvalue weighted by Crippen LogP contribution is -2.38. The number of halogens is 1. The Hall–Kier alpha value is -2.71. The zero-order chi connectivity index (χ0) is 23.1. The van der Waals surface area contributed by atoms with Crippen LogP contribution in [0.1, 0.15) is 15.4 Å². The minimum absolute atomic E-state index is 0.0325. The van der Waals surface area contributed by atoms with Crippen molar-refractivity contribution in [1.82, 2.24) is 14.5 Å². The molecule has 0 N–H and O–H groups in total. The van der Waals surface area contributed by atoms with Crippen LogP contribution in [0.3, 0.4) is 0 Å². The highest BCUT2D eigenvalue weighted by Crippen LogP contribution is 2.34. The van der Waals surface area contributed by atoms with Crippen molar-refractivity contribution in [2.75, 3.05) is 44.3 Å². The average Bonchev–Trinajstić information content (AvgIpc) is 3.48. The van der Waals surface area contributed by atoms with Crippen LogP contribution in [0.5, 0.6) is 0 Å². The number of hydrogen-bond donors (Lipinski definition) is 0. The maximum Gasteiger partial charge on any atom is 0.270 e. The Balaban J connectivity index is 1.21. The van der Waals surface area contributed by atoms with Crippen LogP contribution in [0.4, 0.5) is 5.69 Å². The number of ether oxygens (including phenoxy) is 1. The van der Waals surface area contributed by atoms with Crippen LogP contribution in [0, 0.1) is 0 Å². The van der Waals surface area contributed by atoms with Crippen LogP contribution >= 0.6 is 22.9 Å². The van der Waals surface area contributed by atoms with E-state index in [1.807, 2.05) is 29.2 Å². The lowest BCUT2D eigenvalue weighted by Gasteiger charge is -2.27. The first-order chi connectivity index (χ1) is 16.7. The Labute approximate surface area is 207 Å². The smallest absolute Gasteiger partial charge is 0.270 e. The lowest BCUT2D eigenvalue weighted by atomic mass is 10.1. The van der Waals surface area contributed by atoms with Gasteiger partial charge in [0.1, 0.15) is 9.88 Å². The van der Waals surface area contributed by atoms with E-state index in [1.165, 1.54) is 16.9 Å². The Kier molecular flexibility index (Phi) is 5.87. The van der Waals surface area contributed by atoms with Gasteiger partial charge in [-0.25, -0.2) is 4.98 Å². The Morgan fingerprint density at radius 2 is 1.82 bits per heavy atom. The number of nitrogens with zero attached hydrogens (tertiary/aromatic N) is 4. The topological polar surface area (TPSA) is 50.6 Å². The molecule has 1 fully saturated rings. The summed E-state index contributed by atoms with van der Waals surface area (Å²) in [6, 6.07) is 16.1. The molecule has 174 valence electrons. The molecule has 2 aromatic carbocycles. The number of benzene rings is 2. The second kappa shape index (κ2) is 9.15. The van der Waals surface area contributed by atoms with Gasteiger partial charge < -0.3 is 14.2 Å². The number of carbonyl (C=O) groups is 1. The molecule has 4 heterocycles. The molecule has 8 heteroatoms. The normalized spacial score (nSPS) is 16.9.